The Morgan fingerprint density at radius 1 is 1.14 bits per heavy atom. The molecule has 3 heteroatoms. The topological polar surface area (TPSA) is 25.2 Å². The van der Waals surface area contributed by atoms with Crippen LogP contribution in [-0.4, -0.2) is 9.67 Å². The van der Waals surface area contributed by atoms with Gasteiger partial charge in [-0.1, -0.05) is 12.1 Å². The Labute approximate surface area is 81.2 Å². The van der Waals surface area contributed by atoms with Gasteiger partial charge >= 0.3 is 0 Å². The highest BCUT2D eigenvalue weighted by Gasteiger charge is 1.99. The highest BCUT2D eigenvalue weighted by Crippen LogP contribution is 2.12. The van der Waals surface area contributed by atoms with E-state index in [1.165, 1.54) is 12.1 Å². The number of aromatic hydroxyl groups is 1. The standard InChI is InChI=1S/C11H10FNO/c12-10-5-3-9(4-6-10)8-13-7-1-2-11(13)14/h1-7,14H,8H2. The first-order valence-corrected chi connectivity index (χ1v) is 4.34. The third-order valence-electron chi connectivity index (χ3n) is 2.07. The second kappa shape index (κ2) is 3.54. The maximum Gasteiger partial charge on any atom is 0.191 e. The molecule has 1 heterocycles. The summed E-state index contributed by atoms with van der Waals surface area (Å²) in [4.78, 5) is 0. The van der Waals surface area contributed by atoms with Crippen molar-refractivity contribution in [2.24, 2.45) is 0 Å². The molecule has 14 heavy (non-hydrogen) atoms. The van der Waals surface area contributed by atoms with Crippen molar-refractivity contribution in [3.63, 3.8) is 0 Å². The number of nitrogens with zero attached hydrogens (tertiary/aromatic N) is 1. The maximum atomic E-state index is 12.6. The van der Waals surface area contributed by atoms with E-state index in [9.17, 15) is 9.50 Å². The highest BCUT2D eigenvalue weighted by molar-refractivity contribution is 5.19. The minimum atomic E-state index is -0.245. The Kier molecular flexibility index (Phi) is 2.23. The normalized spacial score (nSPS) is 10.4. The van der Waals surface area contributed by atoms with Gasteiger partial charge in [-0.25, -0.2) is 4.39 Å². The van der Waals surface area contributed by atoms with E-state index < -0.39 is 0 Å². The number of benzene rings is 1. The van der Waals surface area contributed by atoms with E-state index in [0.29, 0.717) is 6.54 Å². The summed E-state index contributed by atoms with van der Waals surface area (Å²) in [5, 5.41) is 9.36. The third-order valence-corrected chi connectivity index (χ3v) is 2.07. The monoisotopic (exact) mass is 191 g/mol. The molecule has 2 aromatic rings. The van der Waals surface area contributed by atoms with Crippen molar-refractivity contribution in [1.82, 2.24) is 4.57 Å². The zero-order valence-electron chi connectivity index (χ0n) is 7.52. The lowest BCUT2D eigenvalue weighted by Gasteiger charge is -2.04. The zero-order chi connectivity index (χ0) is 9.97. The molecule has 1 aromatic heterocycles. The fourth-order valence-corrected chi connectivity index (χ4v) is 1.33. The van der Waals surface area contributed by atoms with Crippen LogP contribution in [0.3, 0.4) is 0 Å². The first kappa shape index (κ1) is 8.81. The van der Waals surface area contributed by atoms with Crippen LogP contribution in [-0.2, 0) is 6.54 Å². The fraction of sp³-hybridized carbons (Fsp3) is 0.0909. The highest BCUT2D eigenvalue weighted by atomic mass is 19.1. The molecule has 0 radical (unpaired) electrons. The molecule has 0 saturated heterocycles. The molecule has 0 atom stereocenters. The smallest absolute Gasteiger partial charge is 0.191 e. The van der Waals surface area contributed by atoms with Crippen molar-refractivity contribution >= 4 is 0 Å². The predicted octanol–water partition coefficient (Wildman–Crippen LogP) is 2.38. The van der Waals surface area contributed by atoms with Crippen LogP contribution >= 0.6 is 0 Å². The van der Waals surface area contributed by atoms with Gasteiger partial charge in [0.25, 0.3) is 0 Å². The van der Waals surface area contributed by atoms with E-state index in [2.05, 4.69) is 0 Å². The van der Waals surface area contributed by atoms with E-state index in [4.69, 9.17) is 0 Å². The van der Waals surface area contributed by atoms with Gasteiger partial charge in [0.15, 0.2) is 5.88 Å². The molecule has 72 valence electrons. The minimum Gasteiger partial charge on any atom is -0.494 e. The lowest BCUT2D eigenvalue weighted by atomic mass is 10.2. The molecule has 0 saturated carbocycles. The molecule has 2 nitrogen and oxygen atoms in total. The van der Waals surface area contributed by atoms with Crippen molar-refractivity contribution in [1.29, 1.82) is 0 Å². The van der Waals surface area contributed by atoms with Crippen LogP contribution in [0.2, 0.25) is 0 Å². The second-order valence-corrected chi connectivity index (χ2v) is 3.12. The first-order chi connectivity index (χ1) is 6.75. The van der Waals surface area contributed by atoms with Gasteiger partial charge in [0, 0.05) is 6.20 Å². The molecule has 0 aliphatic rings. The maximum absolute atomic E-state index is 12.6. The van der Waals surface area contributed by atoms with Crippen LogP contribution < -0.4 is 0 Å². The molecular weight excluding hydrogens is 181 g/mol. The Morgan fingerprint density at radius 3 is 2.43 bits per heavy atom. The molecule has 0 amide bonds. The Bertz CT molecular complexity index is 419. The van der Waals surface area contributed by atoms with Crippen molar-refractivity contribution in [2.75, 3.05) is 0 Å². The van der Waals surface area contributed by atoms with Crippen LogP contribution in [0, 0.1) is 5.82 Å². The third kappa shape index (κ3) is 1.76. The average Bonchev–Trinajstić information content (AvgIpc) is 2.56. The molecule has 1 aromatic carbocycles. The van der Waals surface area contributed by atoms with E-state index >= 15 is 0 Å². The van der Waals surface area contributed by atoms with Gasteiger partial charge in [0.2, 0.25) is 0 Å². The molecule has 0 aliphatic heterocycles. The molecule has 2 rings (SSSR count). The number of halogens is 1. The summed E-state index contributed by atoms with van der Waals surface area (Å²) in [5.74, 6) is -0.0280. The summed E-state index contributed by atoms with van der Waals surface area (Å²) in [6.45, 7) is 0.555. The minimum absolute atomic E-state index is 0.217. The van der Waals surface area contributed by atoms with Gasteiger partial charge in [-0.15, -0.1) is 0 Å². The van der Waals surface area contributed by atoms with Crippen LogP contribution in [0.5, 0.6) is 5.88 Å². The number of hydrogen-bond acceptors (Lipinski definition) is 1. The summed E-state index contributed by atoms with van der Waals surface area (Å²) < 4.78 is 14.3. The van der Waals surface area contributed by atoms with Gasteiger partial charge in [-0.3, -0.25) is 0 Å². The Morgan fingerprint density at radius 2 is 1.86 bits per heavy atom. The largest absolute Gasteiger partial charge is 0.494 e. The van der Waals surface area contributed by atoms with Gasteiger partial charge in [-0.05, 0) is 29.8 Å². The van der Waals surface area contributed by atoms with Crippen LogP contribution in [0.1, 0.15) is 5.56 Å². The van der Waals surface area contributed by atoms with Crippen LogP contribution in [0.25, 0.3) is 0 Å². The predicted molar refractivity (Wildman–Crippen MR) is 51.6 cm³/mol. The summed E-state index contributed by atoms with van der Waals surface area (Å²) in [6.07, 6.45) is 1.78. The zero-order valence-corrected chi connectivity index (χ0v) is 7.52. The van der Waals surface area contributed by atoms with E-state index in [1.807, 2.05) is 0 Å². The molecule has 0 aliphatic carbocycles. The molecule has 0 spiro atoms. The Hall–Kier alpha value is -1.77. The molecule has 1 N–H and O–H groups in total. The molecule has 0 fully saturated rings. The second-order valence-electron chi connectivity index (χ2n) is 3.12. The summed E-state index contributed by atoms with van der Waals surface area (Å²) >= 11 is 0. The van der Waals surface area contributed by atoms with Crippen LogP contribution in [0.4, 0.5) is 4.39 Å². The Balaban J connectivity index is 2.19. The van der Waals surface area contributed by atoms with E-state index in [0.717, 1.165) is 5.56 Å². The summed E-state index contributed by atoms with van der Waals surface area (Å²) in [5.41, 5.74) is 0.956. The SMILES string of the molecule is Oc1cccn1Cc1ccc(F)cc1. The van der Waals surface area contributed by atoms with Gasteiger partial charge in [-0.2, -0.15) is 0 Å². The molecule has 0 bridgehead atoms. The number of aromatic nitrogens is 1. The van der Waals surface area contributed by atoms with Gasteiger partial charge in [0.1, 0.15) is 5.82 Å². The quantitative estimate of drug-likeness (QED) is 0.774. The van der Waals surface area contributed by atoms with E-state index in [-0.39, 0.29) is 11.7 Å². The fourth-order valence-electron chi connectivity index (χ4n) is 1.33. The van der Waals surface area contributed by atoms with Crippen LogP contribution in [0.15, 0.2) is 42.6 Å². The van der Waals surface area contributed by atoms with Crippen molar-refractivity contribution < 1.29 is 9.50 Å². The number of rotatable bonds is 2. The van der Waals surface area contributed by atoms with Crippen molar-refractivity contribution in [3.8, 4) is 5.88 Å². The number of hydrogen-bond donors (Lipinski definition) is 1. The lowest BCUT2D eigenvalue weighted by Crippen LogP contribution is -1.96. The molecule has 0 unspecified atom stereocenters. The van der Waals surface area contributed by atoms with Crippen molar-refractivity contribution in [3.05, 3.63) is 54.0 Å². The molecular formula is C11H10FNO. The first-order valence-electron chi connectivity index (χ1n) is 4.34. The summed E-state index contributed by atoms with van der Waals surface area (Å²) in [7, 11) is 0. The van der Waals surface area contributed by atoms with Crippen molar-refractivity contribution in [2.45, 2.75) is 6.54 Å². The van der Waals surface area contributed by atoms with Gasteiger partial charge < -0.3 is 9.67 Å². The van der Waals surface area contributed by atoms with E-state index in [1.54, 1.807) is 35.0 Å². The van der Waals surface area contributed by atoms with Gasteiger partial charge in [0.05, 0.1) is 6.54 Å². The lowest BCUT2D eigenvalue weighted by molar-refractivity contribution is 0.425. The average molecular weight is 191 g/mol. The summed E-state index contributed by atoms with van der Waals surface area (Å²) in [6, 6.07) is 9.61.